The molecule has 3 heterocycles. The Morgan fingerprint density at radius 1 is 1.13 bits per heavy atom. The second-order valence-electron chi connectivity index (χ2n) is 9.33. The molecule has 0 radical (unpaired) electrons. The van der Waals surface area contributed by atoms with E-state index in [-0.39, 0.29) is 17.8 Å². The van der Waals surface area contributed by atoms with Crippen LogP contribution < -0.4 is 4.90 Å². The second-order valence-corrected chi connectivity index (χ2v) is 9.33. The monoisotopic (exact) mass is 414 g/mol. The number of ether oxygens (including phenoxy) is 1. The molecule has 0 aromatic carbocycles. The third kappa shape index (κ3) is 4.08. The van der Waals surface area contributed by atoms with Crippen molar-refractivity contribution in [1.82, 2.24) is 14.5 Å². The number of pyridine rings is 1. The van der Waals surface area contributed by atoms with E-state index in [4.69, 9.17) is 4.74 Å². The van der Waals surface area contributed by atoms with Gasteiger partial charge < -0.3 is 19.6 Å². The average Bonchev–Trinajstić information content (AvgIpc) is 3.39. The van der Waals surface area contributed by atoms with E-state index in [1.807, 2.05) is 44.7 Å². The lowest BCUT2D eigenvalue weighted by molar-refractivity contribution is 0.0113. The summed E-state index contributed by atoms with van der Waals surface area (Å²) in [5, 5.41) is 13.8. The molecule has 0 bridgehead atoms. The molecule has 1 aliphatic heterocycles. The van der Waals surface area contributed by atoms with Gasteiger partial charge in [-0.25, -0.2) is 14.1 Å². The third-order valence-corrected chi connectivity index (χ3v) is 5.68. The zero-order valence-corrected chi connectivity index (χ0v) is 18.1. The first kappa shape index (κ1) is 20.5. The number of aryl methyl sites for hydroxylation is 1. The number of hydrogen-bond donors (Lipinski definition) is 1. The Balaban J connectivity index is 1.51. The molecule has 1 aliphatic carbocycles. The molecule has 30 heavy (non-hydrogen) atoms. The fourth-order valence-electron chi connectivity index (χ4n) is 4.26. The van der Waals surface area contributed by atoms with Crippen molar-refractivity contribution < 1.29 is 19.4 Å². The molecule has 4 rings (SSSR count). The topological polar surface area (TPSA) is 87.4 Å². The summed E-state index contributed by atoms with van der Waals surface area (Å²) in [4.78, 5) is 28.6. The van der Waals surface area contributed by atoms with Gasteiger partial charge in [-0.05, 0) is 71.6 Å². The molecule has 0 atom stereocenters. The Morgan fingerprint density at radius 2 is 1.77 bits per heavy atom. The number of nitrogens with zero attached hydrogens (tertiary/aromatic N) is 4. The van der Waals surface area contributed by atoms with Gasteiger partial charge in [0.2, 0.25) is 0 Å². The summed E-state index contributed by atoms with van der Waals surface area (Å²) in [6.45, 7) is 9.16. The van der Waals surface area contributed by atoms with Crippen LogP contribution in [0.3, 0.4) is 0 Å². The third-order valence-electron chi connectivity index (χ3n) is 5.68. The van der Waals surface area contributed by atoms with Gasteiger partial charge in [0.25, 0.3) is 0 Å². The molecule has 2 aliphatic rings. The normalized spacial score (nSPS) is 17.9. The molecule has 1 N–H and O–H groups in total. The molecule has 1 saturated heterocycles. The predicted molar refractivity (Wildman–Crippen MR) is 113 cm³/mol. The quantitative estimate of drug-likeness (QED) is 0.821. The Kier molecular flexibility index (Phi) is 5.11. The zero-order valence-electron chi connectivity index (χ0n) is 18.1. The number of carboxylic acids is 1. The molecular weight excluding hydrogens is 384 g/mol. The molecule has 1 amide bonds. The lowest BCUT2D eigenvalue weighted by atomic mass is 10.0. The van der Waals surface area contributed by atoms with Crippen molar-refractivity contribution in [2.45, 2.75) is 71.1 Å². The van der Waals surface area contributed by atoms with Crippen molar-refractivity contribution in [2.24, 2.45) is 0 Å². The van der Waals surface area contributed by atoms with Gasteiger partial charge in [-0.1, -0.05) is 0 Å². The van der Waals surface area contributed by atoms with Gasteiger partial charge in [-0.2, -0.15) is 5.10 Å². The van der Waals surface area contributed by atoms with E-state index in [0.29, 0.717) is 6.04 Å². The Morgan fingerprint density at radius 3 is 2.33 bits per heavy atom. The number of rotatable bonds is 4. The molecule has 0 spiro atoms. The van der Waals surface area contributed by atoms with Crippen molar-refractivity contribution in [3.05, 3.63) is 29.6 Å². The van der Waals surface area contributed by atoms with Crippen molar-refractivity contribution in [2.75, 3.05) is 18.0 Å². The lowest BCUT2D eigenvalue weighted by Crippen LogP contribution is -2.50. The van der Waals surface area contributed by atoms with E-state index < -0.39 is 11.6 Å². The highest BCUT2D eigenvalue weighted by atomic mass is 16.6. The van der Waals surface area contributed by atoms with E-state index in [9.17, 15) is 14.7 Å². The lowest BCUT2D eigenvalue weighted by Gasteiger charge is -2.40. The van der Waals surface area contributed by atoms with Crippen LogP contribution >= 0.6 is 0 Å². The Labute approximate surface area is 176 Å². The van der Waals surface area contributed by atoms with Crippen molar-refractivity contribution in [3.63, 3.8) is 0 Å². The number of anilines is 1. The largest absolute Gasteiger partial charge is 0.477 e. The van der Waals surface area contributed by atoms with Gasteiger partial charge in [-0.3, -0.25) is 0 Å². The smallest absolute Gasteiger partial charge is 0.410 e. The average molecular weight is 415 g/mol. The Bertz CT molecular complexity index is 965. The first-order chi connectivity index (χ1) is 14.1. The molecule has 2 fully saturated rings. The van der Waals surface area contributed by atoms with Crippen LogP contribution in [0.1, 0.15) is 62.6 Å². The fourth-order valence-corrected chi connectivity index (χ4v) is 4.26. The minimum Gasteiger partial charge on any atom is -0.477 e. The summed E-state index contributed by atoms with van der Waals surface area (Å²) in [5.74, 6) is -0.995. The van der Waals surface area contributed by atoms with E-state index >= 15 is 0 Å². The number of amides is 1. The molecule has 2 aromatic rings. The summed E-state index contributed by atoms with van der Waals surface area (Å²) < 4.78 is 7.18. The van der Waals surface area contributed by atoms with Crippen molar-refractivity contribution in [1.29, 1.82) is 0 Å². The first-order valence-electron chi connectivity index (χ1n) is 10.6. The number of carbonyl (C=O) groups excluding carboxylic acids is 1. The van der Waals surface area contributed by atoms with Gasteiger partial charge in [0.1, 0.15) is 5.60 Å². The molecule has 2 aromatic heterocycles. The van der Waals surface area contributed by atoms with Crippen LogP contribution in [0.25, 0.3) is 5.52 Å². The Hall–Kier alpha value is -2.77. The van der Waals surface area contributed by atoms with Crippen LogP contribution in [0.4, 0.5) is 10.5 Å². The molecule has 0 unspecified atom stereocenters. The number of fused-ring (bicyclic) bond motifs is 1. The first-order valence-corrected chi connectivity index (χ1v) is 10.6. The van der Waals surface area contributed by atoms with Gasteiger partial charge in [0.05, 0.1) is 16.9 Å². The maximum atomic E-state index is 12.8. The maximum absolute atomic E-state index is 12.8. The van der Waals surface area contributed by atoms with Gasteiger partial charge in [-0.15, -0.1) is 0 Å². The van der Waals surface area contributed by atoms with Crippen molar-refractivity contribution >= 4 is 23.3 Å². The number of aromatic carboxylic acids is 1. The summed E-state index contributed by atoms with van der Waals surface area (Å²) in [7, 11) is 0. The standard InChI is InChI=1S/C22H30N4O4/c1-14-13-19-17(7-8-18(20(27)28)26(19)23-14)24-11-9-16(10-12-24)25(15-5-6-15)21(29)30-22(2,3)4/h7-8,13,15-16H,5-6,9-12H2,1-4H3,(H,27,28). The van der Waals surface area contributed by atoms with Crippen LogP contribution in [0.2, 0.25) is 0 Å². The molecule has 8 nitrogen and oxygen atoms in total. The van der Waals surface area contributed by atoms with Crippen LogP contribution in [-0.4, -0.2) is 62.5 Å². The van der Waals surface area contributed by atoms with Gasteiger partial charge in [0, 0.05) is 25.2 Å². The minimum absolute atomic E-state index is 0.154. The van der Waals surface area contributed by atoms with E-state index in [0.717, 1.165) is 55.7 Å². The number of carbonyl (C=O) groups is 2. The van der Waals surface area contributed by atoms with Crippen molar-refractivity contribution in [3.8, 4) is 0 Å². The van der Waals surface area contributed by atoms with Gasteiger partial charge >= 0.3 is 12.1 Å². The number of carboxylic acid groups (broad SMARTS) is 1. The second kappa shape index (κ2) is 7.49. The summed E-state index contributed by atoms with van der Waals surface area (Å²) in [6, 6.07) is 5.87. The van der Waals surface area contributed by atoms with E-state index in [2.05, 4.69) is 10.00 Å². The highest BCUT2D eigenvalue weighted by Crippen LogP contribution is 2.35. The minimum atomic E-state index is -0.995. The highest BCUT2D eigenvalue weighted by Gasteiger charge is 2.40. The van der Waals surface area contributed by atoms with E-state index in [1.165, 1.54) is 4.52 Å². The maximum Gasteiger partial charge on any atom is 0.410 e. The molecule has 1 saturated carbocycles. The number of piperidine rings is 1. The summed E-state index contributed by atoms with van der Waals surface area (Å²) in [5.41, 5.74) is 2.22. The van der Waals surface area contributed by atoms with E-state index in [1.54, 1.807) is 6.07 Å². The number of hydrogen-bond acceptors (Lipinski definition) is 5. The van der Waals surface area contributed by atoms with Crippen LogP contribution in [0, 0.1) is 6.92 Å². The SMILES string of the molecule is Cc1cc2c(N3CCC(N(C(=O)OC(C)(C)C)C4CC4)CC3)ccc(C(=O)O)n2n1. The van der Waals surface area contributed by atoms with Crippen LogP contribution in [0.5, 0.6) is 0 Å². The van der Waals surface area contributed by atoms with Crippen LogP contribution in [-0.2, 0) is 4.74 Å². The molecule has 162 valence electrons. The number of aromatic nitrogens is 2. The highest BCUT2D eigenvalue weighted by molar-refractivity contribution is 5.89. The van der Waals surface area contributed by atoms with Crippen LogP contribution in [0.15, 0.2) is 18.2 Å². The summed E-state index contributed by atoms with van der Waals surface area (Å²) >= 11 is 0. The molecule has 8 heteroatoms. The van der Waals surface area contributed by atoms with Gasteiger partial charge in [0.15, 0.2) is 5.69 Å². The summed E-state index contributed by atoms with van der Waals surface area (Å²) in [6.07, 6.45) is 3.60. The zero-order chi connectivity index (χ0) is 21.6. The predicted octanol–water partition coefficient (Wildman–Crippen LogP) is 3.71. The molecular formula is C22H30N4O4. The fraction of sp³-hybridized carbons (Fsp3) is 0.591.